The number of nitrogens with zero attached hydrogens (tertiary/aromatic N) is 2. The summed E-state index contributed by atoms with van der Waals surface area (Å²) in [5, 5.41) is 0. The summed E-state index contributed by atoms with van der Waals surface area (Å²) < 4.78 is 5.43. The number of hydrogen-bond donors (Lipinski definition) is 0. The van der Waals surface area contributed by atoms with Crippen molar-refractivity contribution >= 4 is 12.0 Å². The lowest BCUT2D eigenvalue weighted by molar-refractivity contribution is -0.128. The molecule has 2 amide bonds. The van der Waals surface area contributed by atoms with Crippen LogP contribution in [0, 0.1) is 24.2 Å². The monoisotopic (exact) mass is 306 g/mol. The normalized spacial score (nSPS) is 26.0. The van der Waals surface area contributed by atoms with Gasteiger partial charge in [-0.05, 0) is 39.5 Å². The average Bonchev–Trinajstić information content (AvgIpc) is 2.78. The summed E-state index contributed by atoms with van der Waals surface area (Å²) in [6.07, 6.45) is 7.59. The SMILES string of the molecule is C#CC1CC(=O)N(CC2CCCN(C(=O)OC(C)(C)C)C2)C1. The van der Waals surface area contributed by atoms with Crippen molar-refractivity contribution in [2.45, 2.75) is 45.6 Å². The number of carbonyl (C=O) groups is 2. The van der Waals surface area contributed by atoms with Gasteiger partial charge in [0.15, 0.2) is 0 Å². The molecule has 2 unspecified atom stereocenters. The molecule has 0 N–H and O–H groups in total. The molecule has 2 heterocycles. The van der Waals surface area contributed by atoms with E-state index in [4.69, 9.17) is 11.2 Å². The van der Waals surface area contributed by atoms with Crippen LogP contribution in [0.5, 0.6) is 0 Å². The predicted octanol–water partition coefficient (Wildman–Crippen LogP) is 2.12. The molecule has 2 aliphatic heterocycles. The van der Waals surface area contributed by atoms with E-state index in [9.17, 15) is 9.59 Å². The zero-order valence-corrected chi connectivity index (χ0v) is 13.8. The van der Waals surface area contributed by atoms with Gasteiger partial charge in [0, 0.05) is 38.5 Å². The number of carbonyl (C=O) groups excluding carboxylic acids is 2. The molecule has 2 aliphatic rings. The molecule has 2 rings (SSSR count). The molecule has 2 atom stereocenters. The van der Waals surface area contributed by atoms with Gasteiger partial charge in [-0.25, -0.2) is 4.79 Å². The predicted molar refractivity (Wildman–Crippen MR) is 84.1 cm³/mol. The van der Waals surface area contributed by atoms with Gasteiger partial charge in [0.2, 0.25) is 5.91 Å². The molecular formula is C17H26N2O3. The first-order valence-corrected chi connectivity index (χ1v) is 8.00. The van der Waals surface area contributed by atoms with Crippen LogP contribution in [0.15, 0.2) is 0 Å². The summed E-state index contributed by atoms with van der Waals surface area (Å²) in [4.78, 5) is 27.7. The fourth-order valence-electron chi connectivity index (χ4n) is 3.08. The summed E-state index contributed by atoms with van der Waals surface area (Å²) in [6, 6.07) is 0. The highest BCUT2D eigenvalue weighted by Gasteiger charge is 2.33. The van der Waals surface area contributed by atoms with Crippen LogP contribution in [0.1, 0.15) is 40.0 Å². The zero-order valence-electron chi connectivity index (χ0n) is 13.8. The second-order valence-electron chi connectivity index (χ2n) is 7.30. The van der Waals surface area contributed by atoms with Crippen LogP contribution >= 0.6 is 0 Å². The van der Waals surface area contributed by atoms with Crippen LogP contribution in [0.2, 0.25) is 0 Å². The minimum atomic E-state index is -0.477. The van der Waals surface area contributed by atoms with Crippen molar-refractivity contribution in [1.82, 2.24) is 9.80 Å². The van der Waals surface area contributed by atoms with Crippen LogP contribution in [-0.4, -0.2) is 53.6 Å². The number of hydrogen-bond acceptors (Lipinski definition) is 3. The molecule has 2 saturated heterocycles. The van der Waals surface area contributed by atoms with E-state index in [-0.39, 0.29) is 17.9 Å². The first-order chi connectivity index (χ1) is 10.3. The highest BCUT2D eigenvalue weighted by atomic mass is 16.6. The molecule has 22 heavy (non-hydrogen) atoms. The van der Waals surface area contributed by atoms with Crippen molar-refractivity contribution in [2.24, 2.45) is 11.8 Å². The molecule has 0 radical (unpaired) electrons. The van der Waals surface area contributed by atoms with Crippen molar-refractivity contribution in [3.05, 3.63) is 0 Å². The standard InChI is InChI=1S/C17H26N2O3/c1-5-13-9-15(20)19(10-13)12-14-7-6-8-18(11-14)16(21)22-17(2,3)4/h1,13-14H,6-12H2,2-4H3. The largest absolute Gasteiger partial charge is 0.444 e. The molecule has 0 aliphatic carbocycles. The van der Waals surface area contributed by atoms with E-state index < -0.39 is 5.60 Å². The van der Waals surface area contributed by atoms with Gasteiger partial charge in [0.05, 0.1) is 0 Å². The van der Waals surface area contributed by atoms with E-state index in [1.807, 2.05) is 25.7 Å². The summed E-state index contributed by atoms with van der Waals surface area (Å²) in [5.74, 6) is 3.15. The van der Waals surface area contributed by atoms with Crippen molar-refractivity contribution in [3.63, 3.8) is 0 Å². The average molecular weight is 306 g/mol. The molecular weight excluding hydrogens is 280 g/mol. The smallest absolute Gasteiger partial charge is 0.410 e. The van der Waals surface area contributed by atoms with E-state index in [1.165, 1.54) is 0 Å². The van der Waals surface area contributed by atoms with Gasteiger partial charge in [-0.1, -0.05) is 0 Å². The number of amides is 2. The number of ether oxygens (including phenoxy) is 1. The van der Waals surface area contributed by atoms with Crippen LogP contribution in [-0.2, 0) is 9.53 Å². The Morgan fingerprint density at radius 3 is 2.73 bits per heavy atom. The summed E-state index contributed by atoms with van der Waals surface area (Å²) in [6.45, 7) is 8.33. The second-order valence-corrected chi connectivity index (χ2v) is 7.30. The third-order valence-corrected chi connectivity index (χ3v) is 4.10. The Morgan fingerprint density at radius 2 is 2.14 bits per heavy atom. The molecule has 0 bridgehead atoms. The first kappa shape index (κ1) is 16.7. The topological polar surface area (TPSA) is 49.9 Å². The lowest BCUT2D eigenvalue weighted by Gasteiger charge is -2.35. The van der Waals surface area contributed by atoms with E-state index in [1.54, 1.807) is 4.90 Å². The third kappa shape index (κ3) is 4.40. The maximum Gasteiger partial charge on any atom is 0.410 e. The number of terminal acetylenes is 1. The van der Waals surface area contributed by atoms with Gasteiger partial charge in [-0.15, -0.1) is 12.3 Å². The van der Waals surface area contributed by atoms with Crippen molar-refractivity contribution in [3.8, 4) is 12.3 Å². The van der Waals surface area contributed by atoms with Gasteiger partial charge >= 0.3 is 6.09 Å². The molecule has 0 aromatic rings. The van der Waals surface area contributed by atoms with E-state index in [0.29, 0.717) is 32.0 Å². The van der Waals surface area contributed by atoms with E-state index >= 15 is 0 Å². The van der Waals surface area contributed by atoms with Gasteiger partial charge in [0.25, 0.3) is 0 Å². The Bertz CT molecular complexity index is 475. The van der Waals surface area contributed by atoms with E-state index in [2.05, 4.69) is 5.92 Å². The van der Waals surface area contributed by atoms with Crippen molar-refractivity contribution in [1.29, 1.82) is 0 Å². The van der Waals surface area contributed by atoms with Gasteiger partial charge in [-0.3, -0.25) is 4.79 Å². The molecule has 0 saturated carbocycles. The number of piperidine rings is 1. The highest BCUT2D eigenvalue weighted by Crippen LogP contribution is 2.24. The first-order valence-electron chi connectivity index (χ1n) is 8.00. The highest BCUT2D eigenvalue weighted by molar-refractivity contribution is 5.79. The summed E-state index contributed by atoms with van der Waals surface area (Å²) >= 11 is 0. The Balaban J connectivity index is 1.87. The lowest BCUT2D eigenvalue weighted by atomic mass is 9.98. The fraction of sp³-hybridized carbons (Fsp3) is 0.765. The minimum Gasteiger partial charge on any atom is -0.444 e. The lowest BCUT2D eigenvalue weighted by Crippen LogP contribution is -2.45. The Kier molecular flexibility index (Phi) is 5.00. The zero-order chi connectivity index (χ0) is 16.3. The molecule has 5 nitrogen and oxygen atoms in total. The van der Waals surface area contributed by atoms with Crippen LogP contribution in [0.4, 0.5) is 4.79 Å². The Labute approximate surface area is 133 Å². The summed E-state index contributed by atoms with van der Waals surface area (Å²) in [5.41, 5.74) is -0.477. The Hall–Kier alpha value is -1.70. The molecule has 0 spiro atoms. The minimum absolute atomic E-state index is 0.0399. The van der Waals surface area contributed by atoms with Gasteiger partial charge in [0.1, 0.15) is 5.60 Å². The fourth-order valence-corrected chi connectivity index (χ4v) is 3.08. The molecule has 122 valence electrons. The maximum atomic E-state index is 12.2. The summed E-state index contributed by atoms with van der Waals surface area (Å²) in [7, 11) is 0. The number of likely N-dealkylation sites (tertiary alicyclic amines) is 2. The van der Waals surface area contributed by atoms with Crippen LogP contribution in [0.25, 0.3) is 0 Å². The van der Waals surface area contributed by atoms with E-state index in [0.717, 1.165) is 19.4 Å². The molecule has 0 aromatic carbocycles. The number of rotatable bonds is 2. The Morgan fingerprint density at radius 1 is 1.41 bits per heavy atom. The van der Waals surface area contributed by atoms with Gasteiger partial charge < -0.3 is 14.5 Å². The van der Waals surface area contributed by atoms with Crippen LogP contribution in [0.3, 0.4) is 0 Å². The quantitative estimate of drug-likeness (QED) is 0.734. The van der Waals surface area contributed by atoms with Gasteiger partial charge in [-0.2, -0.15) is 0 Å². The van der Waals surface area contributed by atoms with Crippen LogP contribution < -0.4 is 0 Å². The maximum absolute atomic E-state index is 12.2. The molecule has 0 aromatic heterocycles. The third-order valence-electron chi connectivity index (χ3n) is 4.10. The molecule has 5 heteroatoms. The second kappa shape index (κ2) is 6.60. The van der Waals surface area contributed by atoms with Crippen molar-refractivity contribution in [2.75, 3.05) is 26.2 Å². The van der Waals surface area contributed by atoms with Crippen molar-refractivity contribution < 1.29 is 14.3 Å². The molecule has 2 fully saturated rings.